The molecular formula is C20H15N3O3. The summed E-state index contributed by atoms with van der Waals surface area (Å²) in [4.78, 5) is 29.1. The van der Waals surface area contributed by atoms with E-state index >= 15 is 0 Å². The number of amides is 2. The molecule has 4 rings (SSSR count). The summed E-state index contributed by atoms with van der Waals surface area (Å²) in [6, 6.07) is 17.6. The second-order valence-electron chi connectivity index (χ2n) is 5.85. The molecule has 128 valence electrons. The summed E-state index contributed by atoms with van der Waals surface area (Å²) in [5, 5.41) is 2.88. The van der Waals surface area contributed by atoms with Gasteiger partial charge in [0.1, 0.15) is 0 Å². The number of anilines is 1. The Kier molecular flexibility index (Phi) is 3.85. The van der Waals surface area contributed by atoms with Gasteiger partial charge in [-0.15, -0.1) is 0 Å². The third-order valence-electron chi connectivity index (χ3n) is 4.21. The normalized spacial score (nSPS) is 16.2. The van der Waals surface area contributed by atoms with Crippen LogP contribution >= 0.6 is 0 Å². The molecule has 2 aromatic carbocycles. The fourth-order valence-corrected chi connectivity index (χ4v) is 3.03. The van der Waals surface area contributed by atoms with Gasteiger partial charge in [0, 0.05) is 16.7 Å². The van der Waals surface area contributed by atoms with E-state index in [9.17, 15) is 9.59 Å². The predicted molar refractivity (Wildman–Crippen MR) is 97.1 cm³/mol. The van der Waals surface area contributed by atoms with Crippen molar-refractivity contribution < 1.29 is 14.0 Å². The molecule has 0 spiro atoms. The number of hydrogen-bond donors (Lipinski definition) is 2. The molecule has 26 heavy (non-hydrogen) atoms. The van der Waals surface area contributed by atoms with E-state index < -0.39 is 11.9 Å². The lowest BCUT2D eigenvalue weighted by molar-refractivity contribution is -0.117. The van der Waals surface area contributed by atoms with Crippen molar-refractivity contribution in [2.24, 2.45) is 10.7 Å². The second kappa shape index (κ2) is 6.33. The molecule has 0 bridgehead atoms. The van der Waals surface area contributed by atoms with Crippen LogP contribution in [-0.2, 0) is 4.79 Å². The van der Waals surface area contributed by atoms with Gasteiger partial charge in [-0.3, -0.25) is 14.6 Å². The molecule has 1 aromatic heterocycles. The Morgan fingerprint density at radius 2 is 1.77 bits per heavy atom. The molecule has 1 aliphatic heterocycles. The molecule has 0 fully saturated rings. The van der Waals surface area contributed by atoms with Crippen molar-refractivity contribution in [2.75, 3.05) is 5.32 Å². The minimum Gasteiger partial charge on any atom is -0.459 e. The van der Waals surface area contributed by atoms with Crippen molar-refractivity contribution in [3.8, 4) is 0 Å². The molecule has 1 aliphatic rings. The van der Waals surface area contributed by atoms with Gasteiger partial charge in [0.25, 0.3) is 11.8 Å². The van der Waals surface area contributed by atoms with Gasteiger partial charge >= 0.3 is 0 Å². The van der Waals surface area contributed by atoms with Crippen LogP contribution in [0.2, 0.25) is 0 Å². The molecule has 0 saturated heterocycles. The van der Waals surface area contributed by atoms with E-state index in [0.717, 1.165) is 11.1 Å². The molecule has 0 saturated carbocycles. The van der Waals surface area contributed by atoms with Crippen LogP contribution in [-0.4, -0.2) is 17.5 Å². The number of benzene rings is 2. The van der Waals surface area contributed by atoms with E-state index in [2.05, 4.69) is 5.32 Å². The van der Waals surface area contributed by atoms with E-state index in [0.29, 0.717) is 17.0 Å². The Balaban J connectivity index is 1.93. The summed E-state index contributed by atoms with van der Waals surface area (Å²) in [6.07, 6.45) is 1.33. The van der Waals surface area contributed by atoms with Crippen molar-refractivity contribution >= 4 is 23.2 Å². The Bertz CT molecular complexity index is 1020. The average Bonchev–Trinajstić information content (AvgIpc) is 3.08. The topological polar surface area (TPSA) is 97.7 Å². The maximum Gasteiger partial charge on any atom is 0.284 e. The monoisotopic (exact) mass is 345 g/mol. The third kappa shape index (κ3) is 2.67. The molecular weight excluding hydrogens is 330 g/mol. The van der Waals surface area contributed by atoms with E-state index in [4.69, 9.17) is 15.1 Å². The molecule has 3 aromatic rings. The van der Waals surface area contributed by atoms with E-state index in [1.54, 1.807) is 6.07 Å². The highest BCUT2D eigenvalue weighted by molar-refractivity contribution is 6.19. The van der Waals surface area contributed by atoms with Gasteiger partial charge in [0.15, 0.2) is 11.8 Å². The average molecular weight is 345 g/mol. The van der Waals surface area contributed by atoms with Crippen LogP contribution in [0.4, 0.5) is 5.69 Å². The maximum absolute atomic E-state index is 12.8. The van der Waals surface area contributed by atoms with Crippen LogP contribution in [0.15, 0.2) is 76.3 Å². The standard InChI is InChI=1S/C20H15N3O3/c21-19(24)18-14(10-11-26-18)17-20(25)22-15-9-5-4-8-13(15)16(23-17)12-6-2-1-3-7-12/h1-11,17H,(H2,21,24)(H,22,25). The highest BCUT2D eigenvalue weighted by atomic mass is 16.3. The van der Waals surface area contributed by atoms with Gasteiger partial charge in [-0.25, -0.2) is 0 Å². The lowest BCUT2D eigenvalue weighted by Crippen LogP contribution is -2.21. The van der Waals surface area contributed by atoms with Crippen LogP contribution in [0, 0.1) is 0 Å². The van der Waals surface area contributed by atoms with Crippen molar-refractivity contribution in [3.05, 3.63) is 89.4 Å². The molecule has 1 atom stereocenters. The van der Waals surface area contributed by atoms with Crippen molar-refractivity contribution in [3.63, 3.8) is 0 Å². The van der Waals surface area contributed by atoms with E-state index in [-0.39, 0.29) is 11.7 Å². The lowest BCUT2D eigenvalue weighted by atomic mass is 10.0. The first-order valence-electron chi connectivity index (χ1n) is 8.06. The van der Waals surface area contributed by atoms with Crippen LogP contribution < -0.4 is 11.1 Å². The summed E-state index contributed by atoms with van der Waals surface area (Å²) in [7, 11) is 0. The largest absolute Gasteiger partial charge is 0.459 e. The van der Waals surface area contributed by atoms with Crippen molar-refractivity contribution in [1.82, 2.24) is 0 Å². The molecule has 0 radical (unpaired) electrons. The minimum absolute atomic E-state index is 0.0627. The number of nitrogens with zero attached hydrogens (tertiary/aromatic N) is 1. The first kappa shape index (κ1) is 15.8. The van der Waals surface area contributed by atoms with E-state index in [1.165, 1.54) is 6.26 Å². The van der Waals surface area contributed by atoms with Crippen LogP contribution in [0.25, 0.3) is 0 Å². The Hall–Kier alpha value is -3.67. The van der Waals surface area contributed by atoms with Crippen LogP contribution in [0.3, 0.4) is 0 Å². The zero-order valence-electron chi connectivity index (χ0n) is 13.7. The highest BCUT2D eigenvalue weighted by Gasteiger charge is 2.31. The zero-order chi connectivity index (χ0) is 18.1. The number of rotatable bonds is 3. The van der Waals surface area contributed by atoms with Gasteiger partial charge < -0.3 is 15.5 Å². The number of carbonyl (C=O) groups is 2. The molecule has 2 heterocycles. The van der Waals surface area contributed by atoms with Gasteiger partial charge in [-0.05, 0) is 12.1 Å². The Labute approximate surface area is 149 Å². The third-order valence-corrected chi connectivity index (χ3v) is 4.21. The zero-order valence-corrected chi connectivity index (χ0v) is 13.7. The van der Waals surface area contributed by atoms with Gasteiger partial charge in [-0.2, -0.15) is 0 Å². The number of hydrogen-bond acceptors (Lipinski definition) is 4. The predicted octanol–water partition coefficient (Wildman–Crippen LogP) is 2.91. The first-order valence-corrected chi connectivity index (χ1v) is 8.06. The number of benzodiazepines with no additional fused rings is 1. The van der Waals surface area contributed by atoms with Gasteiger partial charge in [0.2, 0.25) is 0 Å². The van der Waals surface area contributed by atoms with E-state index in [1.807, 2.05) is 54.6 Å². The summed E-state index contributed by atoms with van der Waals surface area (Å²) >= 11 is 0. The summed E-state index contributed by atoms with van der Waals surface area (Å²) in [5.74, 6) is -1.16. The quantitative estimate of drug-likeness (QED) is 0.763. The molecule has 6 heteroatoms. The smallest absolute Gasteiger partial charge is 0.284 e. The van der Waals surface area contributed by atoms with Gasteiger partial charge in [0.05, 0.1) is 17.7 Å². The number of primary amides is 1. The fraction of sp³-hybridized carbons (Fsp3) is 0.0500. The Morgan fingerprint density at radius 1 is 1.04 bits per heavy atom. The number of fused-ring (bicyclic) bond motifs is 1. The van der Waals surface area contributed by atoms with Crippen LogP contribution in [0.1, 0.15) is 33.3 Å². The highest BCUT2D eigenvalue weighted by Crippen LogP contribution is 2.31. The number of para-hydroxylation sites is 1. The molecule has 6 nitrogen and oxygen atoms in total. The molecule has 2 amide bonds. The summed E-state index contributed by atoms with van der Waals surface area (Å²) in [6.45, 7) is 0. The summed E-state index contributed by atoms with van der Waals surface area (Å²) < 4.78 is 5.16. The minimum atomic E-state index is -0.946. The number of furan rings is 1. The Morgan fingerprint density at radius 3 is 2.54 bits per heavy atom. The second-order valence-corrected chi connectivity index (χ2v) is 5.85. The SMILES string of the molecule is NC(=O)c1occc1C1N=C(c2ccccc2)c2ccccc2NC1=O. The summed E-state index contributed by atoms with van der Waals surface area (Å²) in [5.41, 5.74) is 8.69. The van der Waals surface area contributed by atoms with Crippen LogP contribution in [0.5, 0.6) is 0 Å². The first-order chi connectivity index (χ1) is 12.6. The number of nitrogens with two attached hydrogens (primary N) is 1. The maximum atomic E-state index is 12.8. The van der Waals surface area contributed by atoms with Gasteiger partial charge in [-0.1, -0.05) is 48.5 Å². The van der Waals surface area contributed by atoms with Crippen molar-refractivity contribution in [2.45, 2.75) is 6.04 Å². The number of aliphatic imine (C=N–C) groups is 1. The molecule has 1 unspecified atom stereocenters. The van der Waals surface area contributed by atoms with Crippen molar-refractivity contribution in [1.29, 1.82) is 0 Å². The number of nitrogens with one attached hydrogen (secondary N) is 1. The number of carbonyl (C=O) groups excluding carboxylic acids is 2. The molecule has 3 N–H and O–H groups in total. The lowest BCUT2D eigenvalue weighted by Gasteiger charge is -2.10. The molecule has 0 aliphatic carbocycles. The fourth-order valence-electron chi connectivity index (χ4n) is 3.03.